The molecule has 6 heteroatoms. The largest absolute Gasteiger partial charge is 0.468 e. The molecule has 6 nitrogen and oxygen atoms in total. The Balaban J connectivity index is 1.39. The first-order chi connectivity index (χ1) is 12.6. The summed E-state index contributed by atoms with van der Waals surface area (Å²) in [6.07, 6.45) is 6.48. The Morgan fingerprint density at radius 2 is 2.08 bits per heavy atom. The van der Waals surface area contributed by atoms with Gasteiger partial charge in [0.15, 0.2) is 5.82 Å². The van der Waals surface area contributed by atoms with Gasteiger partial charge in [-0.15, -0.1) is 0 Å². The zero-order valence-electron chi connectivity index (χ0n) is 15.4. The summed E-state index contributed by atoms with van der Waals surface area (Å²) in [5.74, 6) is 5.07. The van der Waals surface area contributed by atoms with Gasteiger partial charge >= 0.3 is 0 Å². The molecule has 2 saturated carbocycles. The van der Waals surface area contributed by atoms with Crippen molar-refractivity contribution in [3.63, 3.8) is 0 Å². The average Bonchev–Trinajstić information content (AvgIpc) is 3.50. The van der Waals surface area contributed by atoms with Crippen LogP contribution in [0, 0.1) is 11.8 Å². The normalized spacial score (nSPS) is 26.0. The maximum Gasteiger partial charge on any atom is 0.257 e. The number of rotatable bonds is 5. The third-order valence-electron chi connectivity index (χ3n) is 6.14. The van der Waals surface area contributed by atoms with Crippen molar-refractivity contribution in [2.75, 3.05) is 13.1 Å². The molecule has 0 aromatic carbocycles. The quantitative estimate of drug-likeness (QED) is 0.889. The summed E-state index contributed by atoms with van der Waals surface area (Å²) in [4.78, 5) is 19.9. The minimum atomic E-state index is 0.123. The second kappa shape index (κ2) is 5.96. The molecule has 1 aliphatic heterocycles. The molecule has 1 N–H and O–H groups in total. The van der Waals surface area contributed by atoms with E-state index in [1.54, 1.807) is 6.26 Å². The summed E-state index contributed by atoms with van der Waals surface area (Å²) in [7, 11) is 0. The first-order valence-electron chi connectivity index (χ1n) is 9.90. The Morgan fingerprint density at radius 3 is 2.73 bits per heavy atom. The number of hydrogen-bond acceptors (Lipinski definition) is 4. The molecule has 3 fully saturated rings. The number of hydrogen-bond donors (Lipinski definition) is 1. The highest BCUT2D eigenvalue weighted by Crippen LogP contribution is 2.48. The predicted octanol–water partition coefficient (Wildman–Crippen LogP) is 3.66. The molecule has 5 rings (SSSR count). The zero-order chi connectivity index (χ0) is 17.8. The van der Waals surface area contributed by atoms with E-state index in [0.717, 1.165) is 54.8 Å². The summed E-state index contributed by atoms with van der Waals surface area (Å²) in [5, 5.41) is 7.54. The molecular weight excluding hydrogens is 328 g/mol. The van der Waals surface area contributed by atoms with E-state index in [1.807, 2.05) is 11.0 Å². The molecule has 26 heavy (non-hydrogen) atoms. The van der Waals surface area contributed by atoms with Crippen LogP contribution in [0.1, 0.15) is 85.1 Å². The summed E-state index contributed by atoms with van der Waals surface area (Å²) in [5.41, 5.74) is 0.767. The molecule has 3 heterocycles. The number of carbonyl (C=O) groups excluding carboxylic acids is 1. The van der Waals surface area contributed by atoms with Gasteiger partial charge in [0.25, 0.3) is 5.91 Å². The molecule has 0 unspecified atom stereocenters. The topological polar surface area (TPSA) is 75.0 Å². The lowest BCUT2D eigenvalue weighted by Gasteiger charge is -2.16. The van der Waals surface area contributed by atoms with Crippen LogP contribution in [0.4, 0.5) is 0 Å². The van der Waals surface area contributed by atoms with E-state index in [4.69, 9.17) is 9.40 Å². The lowest BCUT2D eigenvalue weighted by molar-refractivity contribution is 0.0782. The molecule has 2 atom stereocenters. The van der Waals surface area contributed by atoms with Crippen LogP contribution in [-0.2, 0) is 0 Å². The van der Waals surface area contributed by atoms with Gasteiger partial charge in [-0.25, -0.2) is 4.98 Å². The Morgan fingerprint density at radius 1 is 1.27 bits per heavy atom. The van der Waals surface area contributed by atoms with Crippen LogP contribution < -0.4 is 0 Å². The summed E-state index contributed by atoms with van der Waals surface area (Å²) < 4.78 is 5.62. The van der Waals surface area contributed by atoms with Crippen LogP contribution in [0.2, 0.25) is 0 Å². The Bertz CT molecular complexity index is 815. The Hall–Kier alpha value is -2.11. The fourth-order valence-corrected chi connectivity index (χ4v) is 4.33. The second-order valence-corrected chi connectivity index (χ2v) is 8.52. The highest BCUT2D eigenvalue weighted by atomic mass is 16.3. The molecule has 0 bridgehead atoms. The van der Waals surface area contributed by atoms with Crippen molar-refractivity contribution in [1.29, 1.82) is 0 Å². The van der Waals surface area contributed by atoms with Crippen LogP contribution in [-0.4, -0.2) is 39.1 Å². The monoisotopic (exact) mass is 354 g/mol. The number of furan rings is 1. The first kappa shape index (κ1) is 16.1. The van der Waals surface area contributed by atoms with E-state index in [1.165, 1.54) is 12.8 Å². The molecule has 3 aliphatic rings. The average molecular weight is 354 g/mol. The fourth-order valence-electron chi connectivity index (χ4n) is 4.33. The van der Waals surface area contributed by atoms with Gasteiger partial charge in [-0.1, -0.05) is 13.8 Å². The van der Waals surface area contributed by atoms with Crippen molar-refractivity contribution < 1.29 is 9.21 Å². The van der Waals surface area contributed by atoms with Gasteiger partial charge in [0.1, 0.15) is 11.6 Å². The summed E-state index contributed by atoms with van der Waals surface area (Å²) >= 11 is 0. The molecule has 0 spiro atoms. The van der Waals surface area contributed by atoms with Crippen LogP contribution in [0.5, 0.6) is 0 Å². The second-order valence-electron chi connectivity index (χ2n) is 8.52. The van der Waals surface area contributed by atoms with E-state index in [-0.39, 0.29) is 11.8 Å². The van der Waals surface area contributed by atoms with Crippen LogP contribution in [0.15, 0.2) is 16.7 Å². The maximum absolute atomic E-state index is 13.2. The smallest absolute Gasteiger partial charge is 0.257 e. The van der Waals surface area contributed by atoms with Crippen molar-refractivity contribution in [2.45, 2.75) is 57.3 Å². The van der Waals surface area contributed by atoms with Crippen molar-refractivity contribution in [3.05, 3.63) is 35.3 Å². The van der Waals surface area contributed by atoms with E-state index < -0.39 is 0 Å². The van der Waals surface area contributed by atoms with E-state index in [0.29, 0.717) is 17.8 Å². The van der Waals surface area contributed by atoms with Crippen molar-refractivity contribution in [3.8, 4) is 0 Å². The van der Waals surface area contributed by atoms with Crippen molar-refractivity contribution >= 4 is 5.91 Å². The van der Waals surface area contributed by atoms with E-state index in [9.17, 15) is 4.79 Å². The zero-order valence-corrected chi connectivity index (χ0v) is 15.4. The van der Waals surface area contributed by atoms with Crippen molar-refractivity contribution in [2.24, 2.45) is 11.8 Å². The van der Waals surface area contributed by atoms with Gasteiger partial charge in [-0.2, -0.15) is 5.10 Å². The number of aromatic amines is 1. The molecule has 1 saturated heterocycles. The number of carbonyl (C=O) groups is 1. The number of aromatic nitrogens is 3. The molecule has 2 aromatic heterocycles. The third-order valence-corrected chi connectivity index (χ3v) is 6.14. The Labute approximate surface area is 153 Å². The van der Waals surface area contributed by atoms with Gasteiger partial charge in [0, 0.05) is 30.8 Å². The number of likely N-dealkylation sites (tertiary alicyclic amines) is 1. The first-order valence-corrected chi connectivity index (χ1v) is 9.90. The molecule has 2 aromatic rings. The van der Waals surface area contributed by atoms with Gasteiger partial charge < -0.3 is 9.32 Å². The number of nitrogens with zero attached hydrogens (tertiary/aromatic N) is 3. The minimum absolute atomic E-state index is 0.123. The van der Waals surface area contributed by atoms with E-state index in [2.05, 4.69) is 24.0 Å². The standard InChI is InChI=1S/C20H26N4O2/c1-11(2)18-21-19(23-22-18)16-10-24(9-15(16)12-3-4-12)20(25)14-7-8-26-17(14)13-5-6-13/h7-8,11-13,15-16H,3-6,9-10H2,1-2H3,(H,21,22,23)/t15-,16+/m1/s1. The summed E-state index contributed by atoms with van der Waals surface area (Å²) in [6, 6.07) is 1.85. The fraction of sp³-hybridized carbons (Fsp3) is 0.650. The molecule has 1 amide bonds. The van der Waals surface area contributed by atoms with Crippen LogP contribution in [0.25, 0.3) is 0 Å². The third kappa shape index (κ3) is 2.75. The maximum atomic E-state index is 13.2. The lowest BCUT2D eigenvalue weighted by atomic mass is 9.91. The van der Waals surface area contributed by atoms with Crippen LogP contribution in [0.3, 0.4) is 0 Å². The SMILES string of the molecule is CC(C)c1n[nH]c([C@H]2CN(C(=O)c3ccoc3C3CC3)C[C@@H]2C2CC2)n1. The van der Waals surface area contributed by atoms with Gasteiger partial charge in [-0.05, 0) is 43.6 Å². The molecular formula is C20H26N4O2. The number of nitrogens with one attached hydrogen (secondary N) is 1. The van der Waals surface area contributed by atoms with Gasteiger partial charge in [0.2, 0.25) is 0 Å². The number of H-pyrrole nitrogens is 1. The highest BCUT2D eigenvalue weighted by molar-refractivity contribution is 5.95. The summed E-state index contributed by atoms with van der Waals surface area (Å²) in [6.45, 7) is 5.76. The molecule has 0 radical (unpaired) electrons. The molecule has 2 aliphatic carbocycles. The van der Waals surface area contributed by atoms with Gasteiger partial charge in [-0.3, -0.25) is 9.89 Å². The minimum Gasteiger partial charge on any atom is -0.468 e. The van der Waals surface area contributed by atoms with Crippen molar-refractivity contribution in [1.82, 2.24) is 20.1 Å². The van der Waals surface area contributed by atoms with Gasteiger partial charge in [0.05, 0.1) is 11.8 Å². The Kier molecular flexibility index (Phi) is 3.69. The predicted molar refractivity (Wildman–Crippen MR) is 96.0 cm³/mol. The highest BCUT2D eigenvalue weighted by Gasteiger charge is 2.46. The lowest BCUT2D eigenvalue weighted by Crippen LogP contribution is -2.29. The van der Waals surface area contributed by atoms with Crippen LogP contribution >= 0.6 is 0 Å². The number of amides is 1. The molecule has 138 valence electrons. The van der Waals surface area contributed by atoms with E-state index >= 15 is 0 Å².